The fourth-order valence-corrected chi connectivity index (χ4v) is 2.62. The first kappa shape index (κ1) is 16.8. The van der Waals surface area contributed by atoms with Crippen molar-refractivity contribution in [2.45, 2.75) is 13.8 Å². The Labute approximate surface area is 143 Å². The van der Waals surface area contributed by atoms with Gasteiger partial charge in [-0.05, 0) is 48.7 Å². The molecule has 7 heteroatoms. The van der Waals surface area contributed by atoms with E-state index in [4.69, 9.17) is 0 Å². The first-order valence-electron chi connectivity index (χ1n) is 7.59. The van der Waals surface area contributed by atoms with Gasteiger partial charge in [-0.15, -0.1) is 0 Å². The smallest absolute Gasteiger partial charge is 0.275 e. The van der Waals surface area contributed by atoms with Crippen molar-refractivity contribution in [2.75, 3.05) is 5.32 Å². The highest BCUT2D eigenvalue weighted by atomic mass is 19.1. The topological polar surface area (TPSA) is 59.8 Å². The summed E-state index contributed by atoms with van der Waals surface area (Å²) in [6.45, 7) is 3.41. The van der Waals surface area contributed by atoms with Gasteiger partial charge in [0.05, 0.1) is 0 Å². The number of nitrogens with zero attached hydrogens (tertiary/aromatic N) is 3. The number of aromatic nitrogens is 3. The zero-order chi connectivity index (χ0) is 18.1. The predicted molar refractivity (Wildman–Crippen MR) is 90.2 cm³/mol. The number of hydrogen-bond acceptors (Lipinski definition) is 3. The van der Waals surface area contributed by atoms with Gasteiger partial charge in [-0.2, -0.15) is 5.10 Å². The van der Waals surface area contributed by atoms with Crippen LogP contribution in [0.4, 0.5) is 14.6 Å². The summed E-state index contributed by atoms with van der Waals surface area (Å²) >= 11 is 0. The summed E-state index contributed by atoms with van der Waals surface area (Å²) in [5.74, 6) is -1.39. The van der Waals surface area contributed by atoms with E-state index in [0.717, 1.165) is 6.07 Å². The molecule has 25 heavy (non-hydrogen) atoms. The molecule has 0 fully saturated rings. The molecular weight excluding hydrogens is 326 g/mol. The van der Waals surface area contributed by atoms with Gasteiger partial charge in [-0.3, -0.25) is 9.48 Å². The summed E-state index contributed by atoms with van der Waals surface area (Å²) in [6.07, 6.45) is 1.70. The first-order valence-corrected chi connectivity index (χ1v) is 7.59. The maximum atomic E-state index is 13.5. The van der Waals surface area contributed by atoms with Gasteiger partial charge < -0.3 is 5.32 Å². The molecule has 0 aliphatic heterocycles. The molecule has 128 valence electrons. The van der Waals surface area contributed by atoms with Crippen molar-refractivity contribution in [1.29, 1.82) is 0 Å². The van der Waals surface area contributed by atoms with Gasteiger partial charge in [0, 0.05) is 31.1 Å². The average Bonchev–Trinajstić information content (AvgIpc) is 2.93. The number of hydrogen-bond donors (Lipinski definition) is 1. The monoisotopic (exact) mass is 342 g/mol. The number of anilines is 1. The van der Waals surface area contributed by atoms with Crippen molar-refractivity contribution in [3.8, 4) is 11.1 Å². The Morgan fingerprint density at radius 3 is 2.40 bits per heavy atom. The third kappa shape index (κ3) is 3.55. The molecule has 0 aliphatic carbocycles. The maximum absolute atomic E-state index is 13.5. The molecule has 3 rings (SSSR count). The van der Waals surface area contributed by atoms with E-state index in [1.54, 1.807) is 43.9 Å². The van der Waals surface area contributed by atoms with E-state index in [1.165, 1.54) is 12.1 Å². The summed E-state index contributed by atoms with van der Waals surface area (Å²) in [6, 6.07) is 6.62. The maximum Gasteiger partial charge on any atom is 0.275 e. The SMILES string of the molecule is Cc1cc(-c2cc(F)cc(F)c2)c(C)c(C(=O)Nc2ccn(C)n2)n1. The van der Waals surface area contributed by atoms with Gasteiger partial charge >= 0.3 is 0 Å². The van der Waals surface area contributed by atoms with Crippen LogP contribution in [0.25, 0.3) is 11.1 Å². The quantitative estimate of drug-likeness (QED) is 0.791. The Hall–Kier alpha value is -3.09. The van der Waals surface area contributed by atoms with E-state index in [0.29, 0.717) is 28.2 Å². The molecule has 0 atom stereocenters. The highest BCUT2D eigenvalue weighted by Crippen LogP contribution is 2.27. The van der Waals surface area contributed by atoms with E-state index in [1.807, 2.05) is 0 Å². The number of carbonyl (C=O) groups excluding carboxylic acids is 1. The molecule has 0 aliphatic rings. The predicted octanol–water partition coefficient (Wildman–Crippen LogP) is 3.63. The third-order valence-electron chi connectivity index (χ3n) is 3.74. The standard InChI is InChI=1S/C18H16F2N4O/c1-10-6-15(12-7-13(19)9-14(20)8-12)11(2)17(21-10)18(25)22-16-4-5-24(3)23-16/h4-9H,1-3H3,(H,22,23,25). The largest absolute Gasteiger partial charge is 0.304 e. The number of halogens is 2. The lowest BCUT2D eigenvalue weighted by atomic mass is 9.98. The summed E-state index contributed by atoms with van der Waals surface area (Å²) in [4.78, 5) is 16.8. The molecule has 0 saturated carbocycles. The lowest BCUT2D eigenvalue weighted by molar-refractivity contribution is 0.102. The van der Waals surface area contributed by atoms with E-state index in [-0.39, 0.29) is 5.69 Å². The van der Waals surface area contributed by atoms with Crippen LogP contribution in [0.15, 0.2) is 36.5 Å². The van der Waals surface area contributed by atoms with Crippen molar-refractivity contribution in [1.82, 2.24) is 14.8 Å². The lowest BCUT2D eigenvalue weighted by Gasteiger charge is -2.12. The van der Waals surface area contributed by atoms with Crippen LogP contribution >= 0.6 is 0 Å². The van der Waals surface area contributed by atoms with Crippen molar-refractivity contribution < 1.29 is 13.6 Å². The Morgan fingerprint density at radius 1 is 1.12 bits per heavy atom. The Morgan fingerprint density at radius 2 is 1.80 bits per heavy atom. The van der Waals surface area contributed by atoms with Gasteiger partial charge in [0.2, 0.25) is 0 Å². The number of benzene rings is 1. The number of rotatable bonds is 3. The summed E-state index contributed by atoms with van der Waals surface area (Å²) < 4.78 is 28.7. The molecular formula is C18H16F2N4O. The molecule has 0 saturated heterocycles. The van der Waals surface area contributed by atoms with Gasteiger partial charge in [-0.1, -0.05) is 0 Å². The molecule has 0 spiro atoms. The van der Waals surface area contributed by atoms with Gasteiger partial charge in [0.15, 0.2) is 5.82 Å². The number of carbonyl (C=O) groups is 1. The number of aryl methyl sites for hydroxylation is 2. The molecule has 1 N–H and O–H groups in total. The second-order valence-electron chi connectivity index (χ2n) is 5.77. The van der Waals surface area contributed by atoms with Crippen LogP contribution in [0.1, 0.15) is 21.7 Å². The lowest BCUT2D eigenvalue weighted by Crippen LogP contribution is -2.17. The normalized spacial score (nSPS) is 10.8. The van der Waals surface area contributed by atoms with Gasteiger partial charge in [0.1, 0.15) is 17.3 Å². The summed E-state index contributed by atoms with van der Waals surface area (Å²) in [7, 11) is 1.74. The van der Waals surface area contributed by atoms with Crippen LogP contribution in [-0.4, -0.2) is 20.7 Å². The molecule has 0 radical (unpaired) electrons. The van der Waals surface area contributed by atoms with Crippen molar-refractivity contribution >= 4 is 11.7 Å². The van der Waals surface area contributed by atoms with Crippen molar-refractivity contribution in [3.05, 3.63) is 65.1 Å². The van der Waals surface area contributed by atoms with E-state index < -0.39 is 17.5 Å². The average molecular weight is 342 g/mol. The minimum atomic E-state index is -0.677. The highest BCUT2D eigenvalue weighted by molar-refractivity contribution is 6.04. The second kappa shape index (κ2) is 6.43. The molecule has 5 nitrogen and oxygen atoms in total. The Balaban J connectivity index is 2.03. The van der Waals surface area contributed by atoms with Crippen LogP contribution in [-0.2, 0) is 7.05 Å². The summed E-state index contributed by atoms with van der Waals surface area (Å²) in [5, 5.41) is 6.76. The van der Waals surface area contributed by atoms with Crippen molar-refractivity contribution in [3.63, 3.8) is 0 Å². The van der Waals surface area contributed by atoms with Crippen molar-refractivity contribution in [2.24, 2.45) is 7.05 Å². The molecule has 0 unspecified atom stereocenters. The van der Waals surface area contributed by atoms with Crippen LogP contribution in [0.5, 0.6) is 0 Å². The third-order valence-corrected chi connectivity index (χ3v) is 3.74. The molecule has 3 aromatic rings. The molecule has 1 amide bonds. The number of nitrogens with one attached hydrogen (secondary N) is 1. The van der Waals surface area contributed by atoms with Crippen LogP contribution < -0.4 is 5.32 Å². The zero-order valence-electron chi connectivity index (χ0n) is 14.0. The minimum absolute atomic E-state index is 0.185. The van der Waals surface area contributed by atoms with E-state index >= 15 is 0 Å². The van der Waals surface area contributed by atoms with Crippen LogP contribution in [0.3, 0.4) is 0 Å². The highest BCUT2D eigenvalue weighted by Gasteiger charge is 2.17. The minimum Gasteiger partial charge on any atom is -0.304 e. The molecule has 2 heterocycles. The number of amides is 1. The summed E-state index contributed by atoms with van der Waals surface area (Å²) in [5.41, 5.74) is 2.19. The molecule has 2 aromatic heterocycles. The fraction of sp³-hybridized carbons (Fsp3) is 0.167. The molecule has 0 bridgehead atoms. The van der Waals surface area contributed by atoms with Gasteiger partial charge in [-0.25, -0.2) is 13.8 Å². The zero-order valence-corrected chi connectivity index (χ0v) is 14.0. The Kier molecular flexibility index (Phi) is 4.31. The van der Waals surface area contributed by atoms with Gasteiger partial charge in [0.25, 0.3) is 5.91 Å². The molecule has 1 aromatic carbocycles. The Bertz CT molecular complexity index is 945. The van der Waals surface area contributed by atoms with Crippen LogP contribution in [0.2, 0.25) is 0 Å². The van der Waals surface area contributed by atoms with E-state index in [9.17, 15) is 13.6 Å². The first-order chi connectivity index (χ1) is 11.8. The van der Waals surface area contributed by atoms with Crippen LogP contribution in [0, 0.1) is 25.5 Å². The van der Waals surface area contributed by atoms with E-state index in [2.05, 4.69) is 15.4 Å². The number of pyridine rings is 1. The second-order valence-corrected chi connectivity index (χ2v) is 5.77. The fourth-order valence-electron chi connectivity index (χ4n) is 2.62.